The van der Waals surface area contributed by atoms with Crippen molar-refractivity contribution in [1.29, 1.82) is 0 Å². The van der Waals surface area contributed by atoms with Crippen molar-refractivity contribution in [2.24, 2.45) is 5.14 Å². The Balaban J connectivity index is 2.70. The zero-order valence-electron chi connectivity index (χ0n) is 10.6. The van der Waals surface area contributed by atoms with Gasteiger partial charge < -0.3 is 15.4 Å². The third-order valence-electron chi connectivity index (χ3n) is 2.32. The number of hydrogen-bond donors (Lipinski definition) is 2. The standard InChI is InChI=1S/C11H19N3O3S/c1-14(2)6-3-7-17-11-8-9(18(13,15)16)4-5-10(11)12/h4-5,8H,3,6-7,12H2,1-2H3,(H2,13,15,16). The van der Waals surface area contributed by atoms with Gasteiger partial charge in [-0.25, -0.2) is 13.6 Å². The van der Waals surface area contributed by atoms with E-state index in [4.69, 9.17) is 15.6 Å². The van der Waals surface area contributed by atoms with E-state index in [-0.39, 0.29) is 4.90 Å². The average Bonchev–Trinajstić information content (AvgIpc) is 2.24. The number of benzene rings is 1. The largest absolute Gasteiger partial charge is 0.491 e. The number of ether oxygens (including phenoxy) is 1. The molecule has 1 aromatic carbocycles. The molecule has 0 aliphatic carbocycles. The molecule has 0 aliphatic rings. The Labute approximate surface area is 108 Å². The summed E-state index contributed by atoms with van der Waals surface area (Å²) in [7, 11) is 0.207. The number of nitrogens with two attached hydrogens (primary N) is 2. The van der Waals surface area contributed by atoms with Gasteiger partial charge in [0.2, 0.25) is 10.0 Å². The molecule has 0 amide bonds. The third-order valence-corrected chi connectivity index (χ3v) is 3.23. The lowest BCUT2D eigenvalue weighted by molar-refractivity contribution is 0.282. The normalized spacial score (nSPS) is 11.8. The van der Waals surface area contributed by atoms with Gasteiger partial charge in [0.25, 0.3) is 0 Å². The van der Waals surface area contributed by atoms with Gasteiger partial charge in [-0.3, -0.25) is 0 Å². The summed E-state index contributed by atoms with van der Waals surface area (Å²) in [5.74, 6) is 0.347. The minimum atomic E-state index is -3.73. The number of sulfonamides is 1. The second-order valence-electron chi connectivity index (χ2n) is 4.25. The average molecular weight is 273 g/mol. The molecule has 102 valence electrons. The van der Waals surface area contributed by atoms with E-state index in [0.29, 0.717) is 18.0 Å². The van der Waals surface area contributed by atoms with Crippen LogP contribution in [0.25, 0.3) is 0 Å². The topological polar surface area (TPSA) is 98.6 Å². The molecule has 6 nitrogen and oxygen atoms in total. The van der Waals surface area contributed by atoms with Crippen LogP contribution in [0.3, 0.4) is 0 Å². The third kappa shape index (κ3) is 4.52. The lowest BCUT2D eigenvalue weighted by Gasteiger charge is -2.12. The van der Waals surface area contributed by atoms with Crippen LogP contribution in [0, 0.1) is 0 Å². The maximum absolute atomic E-state index is 11.2. The van der Waals surface area contributed by atoms with Gasteiger partial charge in [0.05, 0.1) is 17.2 Å². The van der Waals surface area contributed by atoms with Gasteiger partial charge >= 0.3 is 0 Å². The van der Waals surface area contributed by atoms with Crippen molar-refractivity contribution in [3.8, 4) is 5.75 Å². The highest BCUT2D eigenvalue weighted by Gasteiger charge is 2.11. The molecule has 4 N–H and O–H groups in total. The number of anilines is 1. The Hall–Kier alpha value is -1.31. The summed E-state index contributed by atoms with van der Waals surface area (Å²) in [5, 5.41) is 5.04. The number of nitrogen functional groups attached to an aromatic ring is 1. The molecule has 0 spiro atoms. The van der Waals surface area contributed by atoms with Crippen LogP contribution in [0.4, 0.5) is 5.69 Å². The molecule has 0 fully saturated rings. The van der Waals surface area contributed by atoms with Crippen molar-refractivity contribution < 1.29 is 13.2 Å². The molecule has 7 heteroatoms. The van der Waals surface area contributed by atoms with Gasteiger partial charge in [-0.1, -0.05) is 0 Å². The van der Waals surface area contributed by atoms with E-state index >= 15 is 0 Å². The first-order valence-corrected chi connectivity index (χ1v) is 7.05. The number of nitrogens with zero attached hydrogens (tertiary/aromatic N) is 1. The fourth-order valence-corrected chi connectivity index (χ4v) is 1.91. The molecule has 0 heterocycles. The number of hydrogen-bond acceptors (Lipinski definition) is 5. The predicted octanol–water partition coefficient (Wildman–Crippen LogP) is 0.247. The maximum Gasteiger partial charge on any atom is 0.238 e. The Morgan fingerprint density at radius 2 is 2.00 bits per heavy atom. The van der Waals surface area contributed by atoms with E-state index in [0.717, 1.165) is 13.0 Å². The van der Waals surface area contributed by atoms with Crippen molar-refractivity contribution in [1.82, 2.24) is 4.90 Å². The van der Waals surface area contributed by atoms with Crippen molar-refractivity contribution in [2.75, 3.05) is 33.0 Å². The van der Waals surface area contributed by atoms with Gasteiger partial charge in [-0.15, -0.1) is 0 Å². The first kappa shape index (κ1) is 14.7. The van der Waals surface area contributed by atoms with Crippen LogP contribution >= 0.6 is 0 Å². The molecular weight excluding hydrogens is 254 g/mol. The van der Waals surface area contributed by atoms with Crippen LogP contribution < -0.4 is 15.6 Å². The monoisotopic (exact) mass is 273 g/mol. The van der Waals surface area contributed by atoms with E-state index in [9.17, 15) is 8.42 Å². The van der Waals surface area contributed by atoms with Crippen LogP contribution in [0.2, 0.25) is 0 Å². The molecule has 0 saturated carbocycles. The summed E-state index contributed by atoms with van der Waals surface area (Å²) in [6.07, 6.45) is 0.825. The van der Waals surface area contributed by atoms with Gasteiger partial charge in [0, 0.05) is 12.6 Å². The van der Waals surface area contributed by atoms with E-state index in [2.05, 4.69) is 0 Å². The predicted molar refractivity (Wildman–Crippen MR) is 70.9 cm³/mol. The second kappa shape index (κ2) is 6.03. The van der Waals surface area contributed by atoms with Crippen LogP contribution in [-0.4, -0.2) is 40.6 Å². The van der Waals surface area contributed by atoms with Crippen LogP contribution in [0.1, 0.15) is 6.42 Å². The molecule has 18 heavy (non-hydrogen) atoms. The van der Waals surface area contributed by atoms with Crippen molar-refractivity contribution in [2.45, 2.75) is 11.3 Å². The molecule has 0 aromatic heterocycles. The van der Waals surface area contributed by atoms with Gasteiger partial charge in [-0.05, 0) is 32.6 Å². The Kier molecular flexibility index (Phi) is 4.94. The minimum Gasteiger partial charge on any atom is -0.491 e. The Morgan fingerprint density at radius 1 is 1.33 bits per heavy atom. The zero-order valence-corrected chi connectivity index (χ0v) is 11.4. The first-order chi connectivity index (χ1) is 8.30. The van der Waals surface area contributed by atoms with Gasteiger partial charge in [-0.2, -0.15) is 0 Å². The minimum absolute atomic E-state index is 0.000639. The van der Waals surface area contributed by atoms with Crippen molar-refractivity contribution in [3.05, 3.63) is 18.2 Å². The van der Waals surface area contributed by atoms with E-state index < -0.39 is 10.0 Å². The fraction of sp³-hybridized carbons (Fsp3) is 0.455. The zero-order chi connectivity index (χ0) is 13.8. The summed E-state index contributed by atoms with van der Waals surface area (Å²) in [6, 6.07) is 4.18. The molecule has 0 atom stereocenters. The van der Waals surface area contributed by atoms with Crippen molar-refractivity contribution >= 4 is 15.7 Å². The molecule has 0 saturated heterocycles. The fourth-order valence-electron chi connectivity index (χ4n) is 1.38. The molecular formula is C11H19N3O3S. The van der Waals surface area contributed by atoms with Crippen molar-refractivity contribution in [3.63, 3.8) is 0 Å². The molecule has 1 rings (SSSR count). The quantitative estimate of drug-likeness (QED) is 0.571. The number of rotatable bonds is 6. The van der Waals surface area contributed by atoms with E-state index in [1.54, 1.807) is 0 Å². The molecule has 0 radical (unpaired) electrons. The van der Waals surface area contributed by atoms with Gasteiger partial charge in [0.15, 0.2) is 0 Å². The summed E-state index contributed by atoms with van der Waals surface area (Å²) in [6.45, 7) is 1.35. The highest BCUT2D eigenvalue weighted by atomic mass is 32.2. The Bertz CT molecular complexity index is 500. The maximum atomic E-state index is 11.2. The summed E-state index contributed by atoms with van der Waals surface area (Å²) >= 11 is 0. The molecule has 0 unspecified atom stereocenters. The molecule has 0 aliphatic heterocycles. The van der Waals surface area contributed by atoms with Crippen LogP contribution in [0.15, 0.2) is 23.1 Å². The SMILES string of the molecule is CN(C)CCCOc1cc(S(N)(=O)=O)ccc1N. The molecule has 0 bridgehead atoms. The van der Waals surface area contributed by atoms with E-state index in [1.165, 1.54) is 18.2 Å². The molecule has 1 aromatic rings. The first-order valence-electron chi connectivity index (χ1n) is 5.50. The highest BCUT2D eigenvalue weighted by Crippen LogP contribution is 2.24. The number of primary sulfonamides is 1. The summed E-state index contributed by atoms with van der Waals surface area (Å²) < 4.78 is 27.8. The lowest BCUT2D eigenvalue weighted by atomic mass is 10.3. The second-order valence-corrected chi connectivity index (χ2v) is 5.81. The van der Waals surface area contributed by atoms with E-state index in [1.807, 2.05) is 19.0 Å². The van der Waals surface area contributed by atoms with Gasteiger partial charge in [0.1, 0.15) is 5.75 Å². The smallest absolute Gasteiger partial charge is 0.238 e. The summed E-state index contributed by atoms with van der Waals surface area (Å²) in [4.78, 5) is 2.03. The summed E-state index contributed by atoms with van der Waals surface area (Å²) in [5.41, 5.74) is 6.10. The lowest BCUT2D eigenvalue weighted by Crippen LogP contribution is -2.16. The van der Waals surface area contributed by atoms with Crippen LogP contribution in [-0.2, 0) is 10.0 Å². The highest BCUT2D eigenvalue weighted by molar-refractivity contribution is 7.89. The van der Waals surface area contributed by atoms with Crippen LogP contribution in [0.5, 0.6) is 5.75 Å². The Morgan fingerprint density at radius 3 is 2.56 bits per heavy atom.